The minimum absolute atomic E-state index is 0.158. The number of rotatable bonds is 4. The van der Waals surface area contributed by atoms with Gasteiger partial charge >= 0.3 is 0 Å². The summed E-state index contributed by atoms with van der Waals surface area (Å²) in [5, 5.41) is 7.35. The van der Waals surface area contributed by atoms with Gasteiger partial charge in [0.15, 0.2) is 11.5 Å². The van der Waals surface area contributed by atoms with Gasteiger partial charge < -0.3 is 11.1 Å². The highest BCUT2D eigenvalue weighted by Gasteiger charge is 2.29. The highest BCUT2D eigenvalue weighted by Crippen LogP contribution is 2.40. The Hall–Kier alpha value is -4.37. The first kappa shape index (κ1) is 20.5. The van der Waals surface area contributed by atoms with Crippen molar-refractivity contribution in [2.75, 3.05) is 5.73 Å². The predicted octanol–water partition coefficient (Wildman–Crippen LogP) is 3.86. The monoisotopic (exact) mass is 433 g/mol. The van der Waals surface area contributed by atoms with Crippen molar-refractivity contribution < 1.29 is 4.79 Å². The van der Waals surface area contributed by atoms with E-state index in [2.05, 4.69) is 51.5 Å². The number of anilines is 1. The number of hydrogen-bond donors (Lipinski definition) is 2. The summed E-state index contributed by atoms with van der Waals surface area (Å²) in [6, 6.07) is 18.0. The van der Waals surface area contributed by atoms with Crippen LogP contribution in [-0.2, 0) is 6.42 Å². The van der Waals surface area contributed by atoms with Gasteiger partial charge in [-0.3, -0.25) is 4.79 Å². The summed E-state index contributed by atoms with van der Waals surface area (Å²) in [6.07, 6.45) is 4.08. The Bertz CT molecular complexity index is 1470. The van der Waals surface area contributed by atoms with Crippen molar-refractivity contribution in [3.8, 4) is 11.8 Å². The quantitative estimate of drug-likeness (QED) is 0.479. The third kappa shape index (κ3) is 3.54. The van der Waals surface area contributed by atoms with E-state index < -0.39 is 0 Å². The molecule has 2 aromatic heterocycles. The molecule has 1 amide bonds. The number of amides is 1. The lowest BCUT2D eigenvalue weighted by Gasteiger charge is -2.18. The molecule has 2 heterocycles. The van der Waals surface area contributed by atoms with Crippen LogP contribution in [0.2, 0.25) is 0 Å². The van der Waals surface area contributed by atoms with Crippen LogP contribution in [0.15, 0.2) is 72.6 Å². The van der Waals surface area contributed by atoms with E-state index in [-0.39, 0.29) is 23.3 Å². The second-order valence-corrected chi connectivity index (χ2v) is 8.00. The number of nitrogens with two attached hydrogens (primary N) is 1. The number of nitrogens with one attached hydrogen (secondary N) is 1. The summed E-state index contributed by atoms with van der Waals surface area (Å²) in [7, 11) is 0. The zero-order valence-electron chi connectivity index (χ0n) is 18.5. The van der Waals surface area contributed by atoms with Gasteiger partial charge in [0.05, 0.1) is 0 Å². The summed E-state index contributed by atoms with van der Waals surface area (Å²) in [5.74, 6) is 6.15. The fraction of sp³-hybridized carbons (Fsp3) is 0.148. The molecule has 0 fully saturated rings. The predicted molar refractivity (Wildman–Crippen MR) is 129 cm³/mol. The molecule has 3 N–H and O–H groups in total. The molecule has 6 nitrogen and oxygen atoms in total. The minimum Gasteiger partial charge on any atom is -0.381 e. The van der Waals surface area contributed by atoms with Crippen LogP contribution in [0, 0.1) is 11.8 Å². The summed E-state index contributed by atoms with van der Waals surface area (Å²) < 4.78 is 1.52. The van der Waals surface area contributed by atoms with Gasteiger partial charge in [0.2, 0.25) is 0 Å². The third-order valence-corrected chi connectivity index (χ3v) is 5.94. The van der Waals surface area contributed by atoms with Crippen molar-refractivity contribution in [3.05, 3.63) is 100 Å². The molecule has 4 aromatic rings. The fourth-order valence-corrected chi connectivity index (χ4v) is 4.52. The van der Waals surface area contributed by atoms with Crippen molar-refractivity contribution in [3.63, 3.8) is 0 Å². The molecule has 1 aliphatic carbocycles. The zero-order valence-corrected chi connectivity index (χ0v) is 18.5. The number of nitrogens with zero attached hydrogens (tertiary/aromatic N) is 3. The van der Waals surface area contributed by atoms with Gasteiger partial charge in [0.25, 0.3) is 5.91 Å². The minimum atomic E-state index is -0.293. The Labute approximate surface area is 192 Å². The molecule has 162 valence electrons. The molecular formula is C27H23N5O. The smallest absolute Gasteiger partial charge is 0.259 e. The van der Waals surface area contributed by atoms with Crippen molar-refractivity contribution in [1.29, 1.82) is 0 Å². The van der Waals surface area contributed by atoms with Gasteiger partial charge in [-0.1, -0.05) is 48.4 Å². The lowest BCUT2D eigenvalue weighted by atomic mass is 9.92. The van der Waals surface area contributed by atoms with E-state index in [0.29, 0.717) is 5.65 Å². The van der Waals surface area contributed by atoms with Crippen LogP contribution in [0.3, 0.4) is 0 Å². The Balaban J connectivity index is 1.58. The second-order valence-electron chi connectivity index (χ2n) is 8.00. The van der Waals surface area contributed by atoms with Gasteiger partial charge in [-0.15, -0.1) is 11.0 Å². The van der Waals surface area contributed by atoms with E-state index >= 15 is 0 Å². The number of carbonyl (C=O) groups is 1. The number of benzene rings is 2. The summed E-state index contributed by atoms with van der Waals surface area (Å²) in [5.41, 5.74) is 13.5. The number of fused-ring (bicyclic) bond motifs is 2. The van der Waals surface area contributed by atoms with Crippen molar-refractivity contribution in [2.45, 2.75) is 26.3 Å². The summed E-state index contributed by atoms with van der Waals surface area (Å²) in [4.78, 5) is 17.6. The normalized spacial score (nSPS) is 13.4. The van der Waals surface area contributed by atoms with Crippen molar-refractivity contribution >= 4 is 22.9 Å². The van der Waals surface area contributed by atoms with Crippen LogP contribution in [0.25, 0.3) is 11.2 Å². The van der Waals surface area contributed by atoms with Crippen LogP contribution >= 0.6 is 0 Å². The van der Waals surface area contributed by atoms with Crippen LogP contribution in [-0.4, -0.2) is 26.5 Å². The Morgan fingerprint density at radius 1 is 1.15 bits per heavy atom. The molecule has 33 heavy (non-hydrogen) atoms. The van der Waals surface area contributed by atoms with E-state index in [0.717, 1.165) is 34.3 Å². The Morgan fingerprint density at radius 2 is 1.97 bits per heavy atom. The number of aromatic nitrogens is 3. The highest BCUT2D eigenvalue weighted by molar-refractivity contribution is 6.04. The SMILES string of the molecule is CC#Cc1cccc2c1C(c1ccccc1)=C(C(C)NC(=O)c1c(N)nn3cccnc13)C2. The Morgan fingerprint density at radius 3 is 2.76 bits per heavy atom. The van der Waals surface area contributed by atoms with Gasteiger partial charge in [0.1, 0.15) is 5.56 Å². The maximum absolute atomic E-state index is 13.3. The van der Waals surface area contributed by atoms with E-state index in [9.17, 15) is 4.79 Å². The average molecular weight is 434 g/mol. The molecule has 1 aliphatic rings. The zero-order chi connectivity index (χ0) is 22.9. The van der Waals surface area contributed by atoms with Gasteiger partial charge in [0, 0.05) is 29.6 Å². The molecule has 0 radical (unpaired) electrons. The molecule has 5 rings (SSSR count). The molecule has 0 saturated heterocycles. The van der Waals surface area contributed by atoms with Crippen LogP contribution in [0.5, 0.6) is 0 Å². The largest absolute Gasteiger partial charge is 0.381 e. The lowest BCUT2D eigenvalue weighted by Crippen LogP contribution is -2.34. The molecule has 0 spiro atoms. The topological polar surface area (TPSA) is 85.3 Å². The van der Waals surface area contributed by atoms with E-state index in [1.165, 1.54) is 10.1 Å². The summed E-state index contributed by atoms with van der Waals surface area (Å²) in [6.45, 7) is 3.85. The molecule has 1 atom stereocenters. The molecule has 2 aromatic carbocycles. The molecule has 0 aliphatic heterocycles. The Kier molecular flexibility index (Phi) is 5.15. The molecule has 1 unspecified atom stereocenters. The summed E-state index contributed by atoms with van der Waals surface area (Å²) >= 11 is 0. The number of carbonyl (C=O) groups excluding carboxylic acids is 1. The first-order chi connectivity index (χ1) is 16.1. The molecule has 6 heteroatoms. The van der Waals surface area contributed by atoms with E-state index in [1.807, 2.05) is 38.1 Å². The van der Waals surface area contributed by atoms with Crippen molar-refractivity contribution in [2.24, 2.45) is 0 Å². The standard InChI is InChI=1S/C27H23N5O/c1-3-9-18-12-7-13-20-16-21(23(22(18)20)19-10-5-4-6-11-19)17(2)30-27(33)24-25(28)31-32-15-8-14-29-26(24)32/h4-8,10-15,17H,16H2,1-2H3,(H2,28,31)(H,30,33). The number of hydrogen-bond acceptors (Lipinski definition) is 4. The second kappa shape index (κ2) is 8.29. The van der Waals surface area contributed by atoms with Crippen LogP contribution < -0.4 is 11.1 Å². The van der Waals surface area contributed by atoms with E-state index in [4.69, 9.17) is 5.73 Å². The molecule has 0 bridgehead atoms. The molecule has 0 saturated carbocycles. The third-order valence-electron chi connectivity index (χ3n) is 5.94. The van der Waals surface area contributed by atoms with Gasteiger partial charge in [-0.05, 0) is 54.7 Å². The average Bonchev–Trinajstić information content (AvgIpc) is 3.38. The maximum Gasteiger partial charge on any atom is 0.259 e. The number of nitrogen functional groups attached to an aromatic ring is 1. The first-order valence-corrected chi connectivity index (χ1v) is 10.8. The lowest BCUT2D eigenvalue weighted by molar-refractivity contribution is 0.0947. The van der Waals surface area contributed by atoms with E-state index in [1.54, 1.807) is 18.5 Å². The van der Waals surface area contributed by atoms with Crippen molar-refractivity contribution in [1.82, 2.24) is 19.9 Å². The highest BCUT2D eigenvalue weighted by atomic mass is 16.1. The fourth-order valence-electron chi connectivity index (χ4n) is 4.52. The van der Waals surface area contributed by atoms with Gasteiger partial charge in [-0.25, -0.2) is 9.50 Å². The van der Waals surface area contributed by atoms with Crippen LogP contribution in [0.1, 0.15) is 46.5 Å². The molecular weight excluding hydrogens is 410 g/mol. The first-order valence-electron chi connectivity index (χ1n) is 10.8. The van der Waals surface area contributed by atoms with Gasteiger partial charge in [-0.2, -0.15) is 0 Å². The van der Waals surface area contributed by atoms with Crippen LogP contribution in [0.4, 0.5) is 5.82 Å². The maximum atomic E-state index is 13.3.